The van der Waals surface area contributed by atoms with E-state index in [2.05, 4.69) is 30.7 Å². The molecule has 2 fully saturated rings. The second-order valence-corrected chi connectivity index (χ2v) is 8.28. The smallest absolute Gasteiger partial charge is 0.262 e. The number of imidazole rings is 1. The number of carbonyl (C=O) groups is 1. The number of hydrogen-bond acceptors (Lipinski definition) is 7. The molecule has 0 bridgehead atoms. The lowest BCUT2D eigenvalue weighted by Gasteiger charge is -2.34. The SMILES string of the molecule is CCOc1cc2nc(C)cn2cc1C(=O)Nc1ccc(N2CC[C@@H]3CNC[C@@H]3C2)nn1. The minimum atomic E-state index is -0.295. The van der Waals surface area contributed by atoms with Crippen LogP contribution >= 0.6 is 0 Å². The summed E-state index contributed by atoms with van der Waals surface area (Å²) in [6.07, 6.45) is 4.78. The van der Waals surface area contributed by atoms with Gasteiger partial charge in [-0.2, -0.15) is 0 Å². The maximum atomic E-state index is 13.0. The number of nitrogens with zero attached hydrogens (tertiary/aromatic N) is 5. The number of amides is 1. The number of rotatable bonds is 5. The largest absolute Gasteiger partial charge is 0.493 e. The van der Waals surface area contributed by atoms with Crippen LogP contribution in [0.3, 0.4) is 0 Å². The highest BCUT2D eigenvalue weighted by Gasteiger charge is 2.33. The van der Waals surface area contributed by atoms with Crippen molar-refractivity contribution in [2.75, 3.05) is 43.0 Å². The zero-order valence-corrected chi connectivity index (χ0v) is 17.8. The highest BCUT2D eigenvalue weighted by molar-refractivity contribution is 6.05. The maximum absolute atomic E-state index is 13.0. The Kier molecular flexibility index (Phi) is 5.19. The van der Waals surface area contributed by atoms with E-state index in [9.17, 15) is 4.79 Å². The highest BCUT2D eigenvalue weighted by Crippen LogP contribution is 2.29. The van der Waals surface area contributed by atoms with Gasteiger partial charge in [-0.1, -0.05) is 0 Å². The van der Waals surface area contributed by atoms with E-state index >= 15 is 0 Å². The Morgan fingerprint density at radius 2 is 2.13 bits per heavy atom. The molecule has 31 heavy (non-hydrogen) atoms. The minimum Gasteiger partial charge on any atom is -0.493 e. The van der Waals surface area contributed by atoms with E-state index in [1.807, 2.05) is 30.5 Å². The summed E-state index contributed by atoms with van der Waals surface area (Å²) in [6.45, 7) is 8.45. The predicted octanol–water partition coefficient (Wildman–Crippen LogP) is 2.13. The Labute approximate surface area is 180 Å². The second kappa shape index (κ2) is 8.14. The minimum absolute atomic E-state index is 0.295. The van der Waals surface area contributed by atoms with Crippen LogP contribution in [-0.4, -0.2) is 58.3 Å². The van der Waals surface area contributed by atoms with E-state index in [0.717, 1.165) is 49.3 Å². The molecule has 1 amide bonds. The Balaban J connectivity index is 1.32. The number of piperidine rings is 1. The summed E-state index contributed by atoms with van der Waals surface area (Å²) in [5.41, 5.74) is 2.04. The lowest BCUT2D eigenvalue weighted by molar-refractivity contribution is 0.102. The van der Waals surface area contributed by atoms with E-state index in [4.69, 9.17) is 4.74 Å². The molecule has 9 heteroatoms. The van der Waals surface area contributed by atoms with Crippen LogP contribution in [0.5, 0.6) is 5.75 Å². The molecule has 0 spiro atoms. The molecule has 5 rings (SSSR count). The van der Waals surface area contributed by atoms with Crippen LogP contribution < -0.4 is 20.3 Å². The molecule has 162 valence electrons. The summed E-state index contributed by atoms with van der Waals surface area (Å²) in [7, 11) is 0. The van der Waals surface area contributed by atoms with E-state index in [0.29, 0.717) is 29.7 Å². The summed E-state index contributed by atoms with van der Waals surface area (Å²) in [6, 6.07) is 5.51. The van der Waals surface area contributed by atoms with Crippen LogP contribution in [0.4, 0.5) is 11.6 Å². The van der Waals surface area contributed by atoms with Crippen molar-refractivity contribution in [3.05, 3.63) is 41.9 Å². The molecule has 2 N–H and O–H groups in total. The van der Waals surface area contributed by atoms with Crippen LogP contribution in [0, 0.1) is 18.8 Å². The number of hydrogen-bond donors (Lipinski definition) is 2. The van der Waals surface area contributed by atoms with Crippen molar-refractivity contribution in [1.82, 2.24) is 24.9 Å². The van der Waals surface area contributed by atoms with Crippen LogP contribution in [0.1, 0.15) is 29.4 Å². The van der Waals surface area contributed by atoms with Gasteiger partial charge in [0.15, 0.2) is 11.6 Å². The van der Waals surface area contributed by atoms with E-state index in [-0.39, 0.29) is 5.91 Å². The molecule has 0 saturated carbocycles. The van der Waals surface area contributed by atoms with Gasteiger partial charge in [0, 0.05) is 31.5 Å². The van der Waals surface area contributed by atoms with Gasteiger partial charge in [-0.05, 0) is 57.3 Å². The number of nitrogens with one attached hydrogen (secondary N) is 2. The number of aromatic nitrogens is 4. The number of pyridine rings is 1. The standard InChI is InChI=1S/C22H27N7O2/c1-3-31-18-8-21-24-14(2)11-29(21)13-17(18)22(30)25-19-4-5-20(27-26-19)28-7-6-15-9-23-10-16(15)12-28/h4-5,8,11,13,15-16,23H,3,6-7,9-10,12H2,1-2H3,(H,25,26,30)/t15-,16-/m1/s1. The first-order valence-corrected chi connectivity index (χ1v) is 10.8. The Bertz CT molecular complexity index is 1100. The van der Waals surface area contributed by atoms with Gasteiger partial charge in [0.1, 0.15) is 11.4 Å². The lowest BCUT2D eigenvalue weighted by Crippen LogP contribution is -2.40. The molecule has 9 nitrogen and oxygen atoms in total. The lowest BCUT2D eigenvalue weighted by atomic mass is 9.89. The molecule has 0 aliphatic carbocycles. The van der Waals surface area contributed by atoms with Crippen molar-refractivity contribution in [2.24, 2.45) is 11.8 Å². The highest BCUT2D eigenvalue weighted by atomic mass is 16.5. The second-order valence-electron chi connectivity index (χ2n) is 8.28. The van der Waals surface area contributed by atoms with Gasteiger partial charge in [-0.15, -0.1) is 10.2 Å². The molecule has 0 aromatic carbocycles. The van der Waals surface area contributed by atoms with Gasteiger partial charge in [-0.3, -0.25) is 4.79 Å². The van der Waals surface area contributed by atoms with Gasteiger partial charge in [0.2, 0.25) is 0 Å². The molecule has 2 aliphatic rings. The Hall–Kier alpha value is -3.20. The van der Waals surface area contributed by atoms with Crippen molar-refractivity contribution < 1.29 is 9.53 Å². The summed E-state index contributed by atoms with van der Waals surface area (Å²) in [5.74, 6) is 2.92. The first kappa shape index (κ1) is 19.7. The van der Waals surface area contributed by atoms with Crippen molar-refractivity contribution >= 4 is 23.2 Å². The number of ether oxygens (including phenoxy) is 1. The quantitative estimate of drug-likeness (QED) is 0.651. The van der Waals surface area contributed by atoms with Gasteiger partial charge in [-0.25, -0.2) is 4.98 Å². The van der Waals surface area contributed by atoms with E-state index in [1.165, 1.54) is 6.42 Å². The van der Waals surface area contributed by atoms with Crippen LogP contribution in [-0.2, 0) is 0 Å². The summed E-state index contributed by atoms with van der Waals surface area (Å²) in [4.78, 5) is 19.7. The van der Waals surface area contributed by atoms with Crippen molar-refractivity contribution in [2.45, 2.75) is 20.3 Å². The summed E-state index contributed by atoms with van der Waals surface area (Å²) < 4.78 is 7.51. The van der Waals surface area contributed by atoms with E-state index in [1.54, 1.807) is 18.3 Å². The van der Waals surface area contributed by atoms with Crippen LogP contribution in [0.2, 0.25) is 0 Å². The molecule has 0 unspecified atom stereocenters. The molecule has 2 aliphatic heterocycles. The fraction of sp³-hybridized carbons (Fsp3) is 0.455. The van der Waals surface area contributed by atoms with Gasteiger partial charge in [0.25, 0.3) is 5.91 Å². The molecular weight excluding hydrogens is 394 g/mol. The fourth-order valence-electron chi connectivity index (χ4n) is 4.58. The van der Waals surface area contributed by atoms with Gasteiger partial charge in [0.05, 0.1) is 17.9 Å². The zero-order chi connectivity index (χ0) is 21.4. The topological polar surface area (TPSA) is 96.7 Å². The summed E-state index contributed by atoms with van der Waals surface area (Å²) in [5, 5.41) is 14.9. The normalized spacial score (nSPS) is 20.6. The van der Waals surface area contributed by atoms with Crippen LogP contribution in [0.25, 0.3) is 5.65 Å². The zero-order valence-electron chi connectivity index (χ0n) is 17.8. The maximum Gasteiger partial charge on any atom is 0.262 e. The van der Waals surface area contributed by atoms with Crippen LogP contribution in [0.15, 0.2) is 30.6 Å². The third kappa shape index (κ3) is 3.93. The number of fused-ring (bicyclic) bond motifs is 2. The number of anilines is 2. The fourth-order valence-corrected chi connectivity index (χ4v) is 4.58. The third-order valence-electron chi connectivity index (χ3n) is 6.14. The Morgan fingerprint density at radius 3 is 2.94 bits per heavy atom. The van der Waals surface area contributed by atoms with Crippen molar-refractivity contribution in [3.8, 4) is 5.75 Å². The molecule has 2 atom stereocenters. The van der Waals surface area contributed by atoms with Crippen molar-refractivity contribution in [3.63, 3.8) is 0 Å². The predicted molar refractivity (Wildman–Crippen MR) is 118 cm³/mol. The van der Waals surface area contributed by atoms with Gasteiger partial charge >= 0.3 is 0 Å². The van der Waals surface area contributed by atoms with E-state index < -0.39 is 0 Å². The first-order valence-electron chi connectivity index (χ1n) is 10.8. The van der Waals surface area contributed by atoms with Crippen molar-refractivity contribution in [1.29, 1.82) is 0 Å². The van der Waals surface area contributed by atoms with Gasteiger partial charge < -0.3 is 24.7 Å². The average molecular weight is 422 g/mol. The first-order chi connectivity index (χ1) is 15.1. The molecule has 3 aromatic rings. The number of carbonyl (C=O) groups excluding carboxylic acids is 1. The Morgan fingerprint density at radius 1 is 1.26 bits per heavy atom. The summed E-state index contributed by atoms with van der Waals surface area (Å²) >= 11 is 0. The molecule has 2 saturated heterocycles. The number of aryl methyl sites for hydroxylation is 1. The average Bonchev–Trinajstić information content (AvgIpc) is 3.38. The monoisotopic (exact) mass is 421 g/mol. The molecule has 0 radical (unpaired) electrons. The molecular formula is C22H27N7O2. The molecule has 5 heterocycles. The molecule has 3 aromatic heterocycles. The third-order valence-corrected chi connectivity index (χ3v) is 6.14.